The first-order valence-corrected chi connectivity index (χ1v) is 11.8. The molecule has 4 rings (SSSR count). The van der Waals surface area contributed by atoms with Crippen LogP contribution in [0.5, 0.6) is 0 Å². The van der Waals surface area contributed by atoms with Crippen LogP contribution in [0.25, 0.3) is 0 Å². The molecule has 5 nitrogen and oxygen atoms in total. The molecule has 6 atom stereocenters. The number of carbonyl (C=O) groups is 3. The highest BCUT2D eigenvalue weighted by Gasteiger charge is 2.60. The van der Waals surface area contributed by atoms with Gasteiger partial charge in [-0.3, -0.25) is 14.4 Å². The number of ketones is 1. The molecule has 0 radical (unpaired) electrons. The van der Waals surface area contributed by atoms with Crippen LogP contribution in [-0.2, 0) is 14.4 Å². The number of carbonyl (C=O) groups excluding carboxylic acids is 3. The number of hydrogen-bond acceptors (Lipinski definition) is 3. The average molecular weight is 415 g/mol. The van der Waals surface area contributed by atoms with Crippen LogP contribution in [0.15, 0.2) is 11.3 Å². The van der Waals surface area contributed by atoms with Crippen LogP contribution in [0.1, 0.15) is 86.0 Å². The SMILES string of the molecule is CC(C)(C)NC(=O)C1CC[C@H]2[C@@H]3CCC4=C(NC=O)C(=O)CC[C@]4(C)[C@@H]3CC[C@]12C. The molecule has 2 N–H and O–H groups in total. The topological polar surface area (TPSA) is 75.3 Å². The van der Waals surface area contributed by atoms with Crippen molar-refractivity contribution in [3.63, 3.8) is 0 Å². The van der Waals surface area contributed by atoms with E-state index in [0.717, 1.165) is 44.9 Å². The lowest BCUT2D eigenvalue weighted by molar-refractivity contribution is -0.134. The first-order valence-electron chi connectivity index (χ1n) is 11.8. The Bertz CT molecular complexity index is 795. The number of amides is 2. The van der Waals surface area contributed by atoms with Gasteiger partial charge in [0.2, 0.25) is 12.3 Å². The first kappa shape index (κ1) is 21.6. The Hall–Kier alpha value is -1.65. The number of nitrogens with one attached hydrogen (secondary N) is 2. The summed E-state index contributed by atoms with van der Waals surface area (Å²) in [4.78, 5) is 36.7. The summed E-state index contributed by atoms with van der Waals surface area (Å²) in [6.45, 7) is 10.9. The summed E-state index contributed by atoms with van der Waals surface area (Å²) in [7, 11) is 0. The molecular weight excluding hydrogens is 376 g/mol. The maximum Gasteiger partial charge on any atom is 0.224 e. The number of rotatable bonds is 3. The van der Waals surface area contributed by atoms with Crippen LogP contribution >= 0.6 is 0 Å². The number of fused-ring (bicyclic) bond motifs is 5. The Labute approximate surface area is 180 Å². The molecule has 0 saturated heterocycles. The molecule has 0 aromatic carbocycles. The minimum absolute atomic E-state index is 0.00471. The Morgan fingerprint density at radius 3 is 2.43 bits per heavy atom. The molecule has 30 heavy (non-hydrogen) atoms. The maximum atomic E-state index is 13.1. The second-order valence-electron chi connectivity index (χ2n) is 11.8. The van der Waals surface area contributed by atoms with Crippen LogP contribution in [0.4, 0.5) is 0 Å². The van der Waals surface area contributed by atoms with Crippen molar-refractivity contribution in [1.82, 2.24) is 10.6 Å². The number of Topliss-reactive ketones (excluding diaryl/α,β-unsaturated/α-hetero) is 1. The molecule has 5 heteroatoms. The highest BCUT2D eigenvalue weighted by Crippen LogP contribution is 2.67. The van der Waals surface area contributed by atoms with Gasteiger partial charge in [-0.05, 0) is 99.9 Å². The van der Waals surface area contributed by atoms with Crippen molar-refractivity contribution in [2.24, 2.45) is 34.5 Å². The third kappa shape index (κ3) is 3.23. The van der Waals surface area contributed by atoms with Gasteiger partial charge in [0.1, 0.15) is 0 Å². The molecular formula is C25H38N2O3. The Morgan fingerprint density at radius 1 is 1.03 bits per heavy atom. The molecule has 0 aromatic heterocycles. The lowest BCUT2D eigenvalue weighted by Crippen LogP contribution is -2.54. The molecule has 166 valence electrons. The summed E-state index contributed by atoms with van der Waals surface area (Å²) in [5, 5.41) is 5.99. The van der Waals surface area contributed by atoms with Gasteiger partial charge in [-0.25, -0.2) is 0 Å². The molecule has 4 aliphatic carbocycles. The quantitative estimate of drug-likeness (QED) is 0.682. The standard InChI is InChI=1S/C25H38N2O3/c1-23(2,3)27-22(30)19-9-8-16-15-6-7-18-21(26-14-28)20(29)11-13-24(18,4)17(15)10-12-25(16,19)5/h14-17,19H,6-13H2,1-5H3,(H,26,28)(H,27,30)/t15-,16-,17+,19?,24+,25-/m0/s1. The molecule has 2 amide bonds. The predicted molar refractivity (Wildman–Crippen MR) is 116 cm³/mol. The summed E-state index contributed by atoms with van der Waals surface area (Å²) >= 11 is 0. The average Bonchev–Trinajstić information content (AvgIpc) is 3.00. The fourth-order valence-electron chi connectivity index (χ4n) is 7.83. The monoisotopic (exact) mass is 414 g/mol. The van der Waals surface area contributed by atoms with Gasteiger partial charge in [0.25, 0.3) is 0 Å². The van der Waals surface area contributed by atoms with Gasteiger partial charge >= 0.3 is 0 Å². The normalized spacial score (nSPS) is 40.9. The van der Waals surface area contributed by atoms with Gasteiger partial charge in [-0.15, -0.1) is 0 Å². The summed E-state index contributed by atoms with van der Waals surface area (Å²) in [5.74, 6) is 2.15. The van der Waals surface area contributed by atoms with E-state index in [-0.39, 0.29) is 34.0 Å². The van der Waals surface area contributed by atoms with Gasteiger partial charge in [-0.1, -0.05) is 13.8 Å². The maximum absolute atomic E-state index is 13.1. The second-order valence-corrected chi connectivity index (χ2v) is 11.8. The van der Waals surface area contributed by atoms with Gasteiger partial charge in [-0.2, -0.15) is 0 Å². The highest BCUT2D eigenvalue weighted by molar-refractivity contribution is 5.98. The fourth-order valence-corrected chi connectivity index (χ4v) is 7.83. The first-order chi connectivity index (χ1) is 14.0. The Morgan fingerprint density at radius 2 is 1.77 bits per heavy atom. The second kappa shape index (κ2) is 7.20. The minimum Gasteiger partial charge on any atom is -0.351 e. The van der Waals surface area contributed by atoms with E-state index < -0.39 is 0 Å². The third-order valence-corrected chi connectivity index (χ3v) is 9.14. The van der Waals surface area contributed by atoms with E-state index in [9.17, 15) is 14.4 Å². The Kier molecular flexibility index (Phi) is 5.18. The lowest BCUT2D eigenvalue weighted by atomic mass is 9.46. The zero-order valence-electron chi connectivity index (χ0n) is 19.3. The summed E-state index contributed by atoms with van der Waals surface area (Å²) < 4.78 is 0. The summed E-state index contributed by atoms with van der Waals surface area (Å²) in [6, 6.07) is 0. The predicted octanol–water partition coefficient (Wildman–Crippen LogP) is 4.12. The molecule has 0 spiro atoms. The summed E-state index contributed by atoms with van der Waals surface area (Å²) in [5.41, 5.74) is 1.64. The molecule has 1 unspecified atom stereocenters. The lowest BCUT2D eigenvalue weighted by Gasteiger charge is -2.58. The molecule has 0 aliphatic heterocycles. The fraction of sp³-hybridized carbons (Fsp3) is 0.800. The van der Waals surface area contributed by atoms with Crippen LogP contribution in [0.3, 0.4) is 0 Å². The van der Waals surface area contributed by atoms with E-state index >= 15 is 0 Å². The van der Waals surface area contributed by atoms with Crippen molar-refractivity contribution in [1.29, 1.82) is 0 Å². The van der Waals surface area contributed by atoms with Crippen molar-refractivity contribution in [3.05, 3.63) is 11.3 Å². The van der Waals surface area contributed by atoms with Crippen molar-refractivity contribution in [3.8, 4) is 0 Å². The zero-order valence-corrected chi connectivity index (χ0v) is 19.3. The van der Waals surface area contributed by atoms with Crippen LogP contribution in [-0.4, -0.2) is 23.6 Å². The van der Waals surface area contributed by atoms with E-state index in [1.165, 1.54) is 5.57 Å². The molecule has 0 aromatic rings. The molecule has 0 bridgehead atoms. The van der Waals surface area contributed by atoms with Crippen LogP contribution < -0.4 is 10.6 Å². The molecule has 3 fully saturated rings. The Balaban J connectivity index is 1.62. The summed E-state index contributed by atoms with van der Waals surface area (Å²) in [6.07, 6.45) is 8.35. The van der Waals surface area contributed by atoms with Crippen LogP contribution in [0.2, 0.25) is 0 Å². The van der Waals surface area contributed by atoms with E-state index in [4.69, 9.17) is 0 Å². The van der Waals surface area contributed by atoms with E-state index in [1.54, 1.807) is 0 Å². The largest absolute Gasteiger partial charge is 0.351 e. The van der Waals surface area contributed by atoms with Crippen molar-refractivity contribution in [2.75, 3.05) is 0 Å². The zero-order chi connectivity index (χ0) is 21.9. The van der Waals surface area contributed by atoms with Gasteiger partial charge in [0.15, 0.2) is 5.78 Å². The van der Waals surface area contributed by atoms with Crippen LogP contribution in [0, 0.1) is 34.5 Å². The van der Waals surface area contributed by atoms with E-state index in [1.807, 2.05) is 0 Å². The number of allylic oxidation sites excluding steroid dienone is 1. The smallest absolute Gasteiger partial charge is 0.224 e. The molecule has 3 saturated carbocycles. The van der Waals surface area contributed by atoms with Gasteiger partial charge < -0.3 is 10.6 Å². The van der Waals surface area contributed by atoms with Gasteiger partial charge in [0.05, 0.1) is 5.70 Å². The van der Waals surface area contributed by atoms with E-state index in [2.05, 4.69) is 45.3 Å². The minimum atomic E-state index is -0.197. The van der Waals surface area contributed by atoms with Crippen molar-refractivity contribution in [2.45, 2.75) is 91.5 Å². The van der Waals surface area contributed by atoms with Gasteiger partial charge in [0, 0.05) is 17.9 Å². The molecule has 0 heterocycles. The third-order valence-electron chi connectivity index (χ3n) is 9.14. The van der Waals surface area contributed by atoms with Crippen molar-refractivity contribution < 1.29 is 14.4 Å². The highest BCUT2D eigenvalue weighted by atomic mass is 16.2. The number of hydrogen-bond donors (Lipinski definition) is 2. The molecule has 4 aliphatic rings. The van der Waals surface area contributed by atoms with E-state index in [0.29, 0.717) is 36.3 Å². The van der Waals surface area contributed by atoms with Crippen molar-refractivity contribution >= 4 is 18.1 Å².